The van der Waals surface area contributed by atoms with Crippen molar-refractivity contribution >= 4 is 35.0 Å². The van der Waals surface area contributed by atoms with Crippen molar-refractivity contribution < 1.29 is 9.53 Å². The largest absolute Gasteiger partial charge is 0.495 e. The van der Waals surface area contributed by atoms with Crippen LogP contribution in [-0.4, -0.2) is 33.1 Å². The SMILES string of the molecule is COc1ccccc1NC(=O)[C@H]1Sc2nnc(C)n2N[C@H]1c1ccc(Cl)cc1. The minimum Gasteiger partial charge on any atom is -0.495 e. The van der Waals surface area contributed by atoms with Gasteiger partial charge in [-0.3, -0.25) is 4.79 Å². The van der Waals surface area contributed by atoms with Gasteiger partial charge < -0.3 is 15.5 Å². The predicted molar refractivity (Wildman–Crippen MR) is 110 cm³/mol. The molecular weight excluding hydrogens is 398 g/mol. The Bertz CT molecular complexity index is 1010. The lowest BCUT2D eigenvalue weighted by Crippen LogP contribution is -2.41. The predicted octanol–water partition coefficient (Wildman–Crippen LogP) is 3.65. The topological polar surface area (TPSA) is 81.1 Å². The van der Waals surface area contributed by atoms with Gasteiger partial charge in [0.1, 0.15) is 16.8 Å². The maximum atomic E-state index is 13.2. The molecule has 0 spiro atoms. The number of anilines is 1. The van der Waals surface area contributed by atoms with Crippen molar-refractivity contribution in [1.82, 2.24) is 14.9 Å². The monoisotopic (exact) mass is 415 g/mol. The van der Waals surface area contributed by atoms with Gasteiger partial charge in [0.2, 0.25) is 11.1 Å². The van der Waals surface area contributed by atoms with Crippen LogP contribution >= 0.6 is 23.4 Å². The Morgan fingerprint density at radius 3 is 2.71 bits per heavy atom. The molecule has 1 aliphatic heterocycles. The van der Waals surface area contributed by atoms with Crippen LogP contribution in [-0.2, 0) is 4.79 Å². The summed E-state index contributed by atoms with van der Waals surface area (Å²) in [6, 6.07) is 14.5. The molecule has 3 aromatic rings. The second-order valence-corrected chi connectivity index (χ2v) is 7.80. The third-order valence-electron chi connectivity index (χ3n) is 4.45. The summed E-state index contributed by atoms with van der Waals surface area (Å²) in [5, 5.41) is 12.0. The number of carbonyl (C=O) groups excluding carboxylic acids is 1. The summed E-state index contributed by atoms with van der Waals surface area (Å²) < 4.78 is 7.14. The number of benzene rings is 2. The van der Waals surface area contributed by atoms with Crippen LogP contribution < -0.4 is 15.5 Å². The van der Waals surface area contributed by atoms with Crippen LogP contribution in [0.4, 0.5) is 5.69 Å². The fraction of sp³-hybridized carbons (Fsp3) is 0.211. The van der Waals surface area contributed by atoms with Gasteiger partial charge in [0.05, 0.1) is 18.8 Å². The maximum Gasteiger partial charge on any atom is 0.240 e. The Labute approximate surface area is 171 Å². The summed E-state index contributed by atoms with van der Waals surface area (Å²) in [4.78, 5) is 13.2. The Morgan fingerprint density at radius 2 is 1.96 bits per heavy atom. The number of methoxy groups -OCH3 is 1. The second-order valence-electron chi connectivity index (χ2n) is 6.25. The number of nitrogens with zero attached hydrogens (tertiary/aromatic N) is 3. The summed E-state index contributed by atoms with van der Waals surface area (Å²) in [6.07, 6.45) is 0. The molecule has 2 aromatic carbocycles. The summed E-state index contributed by atoms with van der Waals surface area (Å²) in [5.41, 5.74) is 4.92. The van der Waals surface area contributed by atoms with Gasteiger partial charge in [0.25, 0.3) is 0 Å². The smallest absolute Gasteiger partial charge is 0.240 e. The first kappa shape index (κ1) is 18.6. The number of amides is 1. The summed E-state index contributed by atoms with van der Waals surface area (Å²) in [6.45, 7) is 1.86. The minimum atomic E-state index is -0.470. The summed E-state index contributed by atoms with van der Waals surface area (Å²) in [5.74, 6) is 1.17. The summed E-state index contributed by atoms with van der Waals surface area (Å²) >= 11 is 7.40. The van der Waals surface area contributed by atoms with Crippen LogP contribution in [0, 0.1) is 6.92 Å². The molecule has 2 N–H and O–H groups in total. The van der Waals surface area contributed by atoms with E-state index in [1.807, 2.05) is 49.4 Å². The van der Waals surface area contributed by atoms with Crippen LogP contribution in [0.15, 0.2) is 53.7 Å². The lowest BCUT2D eigenvalue weighted by molar-refractivity contribution is -0.116. The molecule has 4 rings (SSSR count). The third-order valence-corrected chi connectivity index (χ3v) is 5.92. The first-order chi connectivity index (χ1) is 13.6. The number of halogens is 1. The standard InChI is InChI=1S/C19H18ClN5O2S/c1-11-22-23-19-25(11)24-16(12-7-9-13(20)10-8-12)17(28-19)18(26)21-14-5-3-4-6-15(14)27-2/h3-10,16-17,24H,1-2H3,(H,21,26)/t16-,17-/m0/s1. The number of aromatic nitrogens is 3. The van der Waals surface area contributed by atoms with Crippen LogP contribution in [0.2, 0.25) is 5.02 Å². The molecular formula is C19H18ClN5O2S. The number of aryl methyl sites for hydroxylation is 1. The van der Waals surface area contributed by atoms with Gasteiger partial charge in [-0.15, -0.1) is 10.2 Å². The number of hydrogen-bond acceptors (Lipinski definition) is 6. The van der Waals surface area contributed by atoms with E-state index in [-0.39, 0.29) is 11.9 Å². The molecule has 0 bridgehead atoms. The highest BCUT2D eigenvalue weighted by atomic mass is 35.5. The lowest BCUT2D eigenvalue weighted by atomic mass is 10.0. The first-order valence-electron chi connectivity index (χ1n) is 8.61. The Hall–Kier alpha value is -2.71. The zero-order valence-electron chi connectivity index (χ0n) is 15.2. The summed E-state index contributed by atoms with van der Waals surface area (Å²) in [7, 11) is 1.57. The number of ether oxygens (including phenoxy) is 1. The number of fused-ring (bicyclic) bond motifs is 1. The van der Waals surface area contributed by atoms with Gasteiger partial charge in [-0.05, 0) is 36.8 Å². The molecule has 2 heterocycles. The average Bonchev–Trinajstić information content (AvgIpc) is 3.08. The third kappa shape index (κ3) is 3.53. The molecule has 0 radical (unpaired) electrons. The first-order valence-corrected chi connectivity index (χ1v) is 9.87. The number of hydrogen-bond donors (Lipinski definition) is 2. The van der Waals surface area contributed by atoms with E-state index in [1.54, 1.807) is 17.9 Å². The molecule has 0 saturated carbocycles. The molecule has 0 aliphatic carbocycles. The zero-order chi connectivity index (χ0) is 19.7. The van der Waals surface area contributed by atoms with Crippen molar-refractivity contribution in [3.8, 4) is 5.75 Å². The Balaban J connectivity index is 1.67. The van der Waals surface area contributed by atoms with E-state index in [0.29, 0.717) is 21.6 Å². The fourth-order valence-electron chi connectivity index (χ4n) is 3.03. The molecule has 144 valence electrons. The van der Waals surface area contributed by atoms with Crippen LogP contribution in [0.3, 0.4) is 0 Å². The van der Waals surface area contributed by atoms with E-state index >= 15 is 0 Å². The van der Waals surface area contributed by atoms with Crippen molar-refractivity contribution in [2.75, 3.05) is 17.9 Å². The molecule has 0 unspecified atom stereocenters. The van der Waals surface area contributed by atoms with Crippen molar-refractivity contribution in [3.63, 3.8) is 0 Å². The molecule has 0 saturated heterocycles. The van der Waals surface area contributed by atoms with Crippen molar-refractivity contribution in [1.29, 1.82) is 0 Å². The van der Waals surface area contributed by atoms with Gasteiger partial charge in [0, 0.05) is 5.02 Å². The molecule has 0 fully saturated rings. The number of thioether (sulfide) groups is 1. The fourth-order valence-corrected chi connectivity index (χ4v) is 4.28. The van der Waals surface area contributed by atoms with Gasteiger partial charge >= 0.3 is 0 Å². The van der Waals surface area contributed by atoms with Gasteiger partial charge in [-0.25, -0.2) is 4.68 Å². The molecule has 1 aliphatic rings. The van der Waals surface area contributed by atoms with Crippen molar-refractivity contribution in [2.45, 2.75) is 23.4 Å². The van der Waals surface area contributed by atoms with Crippen LogP contribution in [0.25, 0.3) is 0 Å². The number of rotatable bonds is 4. The average molecular weight is 416 g/mol. The Kier molecular flexibility index (Phi) is 5.15. The van der Waals surface area contributed by atoms with E-state index in [4.69, 9.17) is 16.3 Å². The van der Waals surface area contributed by atoms with Crippen LogP contribution in [0.5, 0.6) is 5.75 Å². The van der Waals surface area contributed by atoms with E-state index in [0.717, 1.165) is 11.4 Å². The highest BCUT2D eigenvalue weighted by Gasteiger charge is 2.37. The molecule has 9 heteroatoms. The minimum absolute atomic E-state index is 0.158. The number of carbonyl (C=O) groups is 1. The second kappa shape index (κ2) is 7.73. The van der Waals surface area contributed by atoms with E-state index in [9.17, 15) is 4.79 Å². The quantitative estimate of drug-likeness (QED) is 0.677. The molecule has 7 nitrogen and oxygen atoms in total. The Morgan fingerprint density at radius 1 is 1.21 bits per heavy atom. The highest BCUT2D eigenvalue weighted by molar-refractivity contribution is 8.00. The number of para-hydroxylation sites is 2. The van der Waals surface area contributed by atoms with E-state index in [2.05, 4.69) is 20.9 Å². The van der Waals surface area contributed by atoms with E-state index < -0.39 is 5.25 Å². The number of nitrogens with one attached hydrogen (secondary N) is 2. The molecule has 1 amide bonds. The lowest BCUT2D eigenvalue weighted by Gasteiger charge is -2.32. The molecule has 1 aromatic heterocycles. The van der Waals surface area contributed by atoms with E-state index in [1.165, 1.54) is 11.8 Å². The van der Waals surface area contributed by atoms with Gasteiger partial charge in [-0.1, -0.05) is 47.6 Å². The molecule has 2 atom stereocenters. The highest BCUT2D eigenvalue weighted by Crippen LogP contribution is 2.38. The van der Waals surface area contributed by atoms with Crippen molar-refractivity contribution in [2.24, 2.45) is 0 Å². The normalized spacial score (nSPS) is 18.1. The van der Waals surface area contributed by atoms with Gasteiger partial charge in [-0.2, -0.15) is 0 Å². The molecule has 28 heavy (non-hydrogen) atoms. The van der Waals surface area contributed by atoms with Crippen LogP contribution in [0.1, 0.15) is 17.4 Å². The maximum absolute atomic E-state index is 13.2. The van der Waals surface area contributed by atoms with Crippen molar-refractivity contribution in [3.05, 3.63) is 64.9 Å². The zero-order valence-corrected chi connectivity index (χ0v) is 16.8. The van der Waals surface area contributed by atoms with Gasteiger partial charge in [0.15, 0.2) is 0 Å².